The van der Waals surface area contributed by atoms with Crippen LogP contribution in [0, 0.1) is 0 Å². The van der Waals surface area contributed by atoms with Crippen molar-refractivity contribution >= 4 is 11.6 Å². The highest BCUT2D eigenvalue weighted by atomic mass is 35.5. The van der Waals surface area contributed by atoms with Crippen molar-refractivity contribution in [3.8, 4) is 0 Å². The number of rotatable bonds is 2. The third-order valence-corrected chi connectivity index (χ3v) is 3.94. The van der Waals surface area contributed by atoms with E-state index >= 15 is 0 Å². The predicted octanol–water partition coefficient (Wildman–Crippen LogP) is 2.98. The Morgan fingerprint density at radius 3 is 2.53 bits per heavy atom. The van der Waals surface area contributed by atoms with Gasteiger partial charge in [0, 0.05) is 5.02 Å². The number of aliphatic hydroxyl groups is 1. The van der Waals surface area contributed by atoms with E-state index in [1.54, 1.807) is 6.07 Å². The van der Waals surface area contributed by atoms with Crippen LogP contribution >= 0.6 is 11.6 Å². The van der Waals surface area contributed by atoms with Crippen molar-refractivity contribution in [3.63, 3.8) is 0 Å². The molecule has 1 atom stereocenters. The fourth-order valence-corrected chi connectivity index (χ4v) is 2.66. The van der Waals surface area contributed by atoms with E-state index in [-0.39, 0.29) is 0 Å². The van der Waals surface area contributed by atoms with E-state index in [0.717, 1.165) is 5.56 Å². The molecule has 1 fully saturated rings. The molecule has 17 heavy (non-hydrogen) atoms. The lowest BCUT2D eigenvalue weighted by molar-refractivity contribution is -0.0363. The first-order valence-electron chi connectivity index (χ1n) is 5.89. The standard InChI is InChI=1S/C13H17ClFNO/c14-11-4-2-1-3-10(11)12(16)13(17)7-5-9(15)6-8-13/h1-4,9,12,17H,5-8,16H2. The molecule has 2 rings (SSSR count). The minimum absolute atomic E-state index is 0.370. The SMILES string of the molecule is NC(c1ccccc1Cl)C1(O)CCC(F)CC1. The zero-order valence-electron chi connectivity index (χ0n) is 9.57. The van der Waals surface area contributed by atoms with Crippen molar-refractivity contribution in [2.45, 2.75) is 43.5 Å². The number of nitrogens with two attached hydrogens (primary N) is 1. The minimum atomic E-state index is -1.03. The molecule has 1 saturated carbocycles. The first kappa shape index (κ1) is 12.8. The summed E-state index contributed by atoms with van der Waals surface area (Å²) in [6.45, 7) is 0. The van der Waals surface area contributed by atoms with Gasteiger partial charge in [0.05, 0.1) is 11.6 Å². The largest absolute Gasteiger partial charge is 0.388 e. The summed E-state index contributed by atoms with van der Waals surface area (Å²) in [5.41, 5.74) is 5.79. The zero-order valence-corrected chi connectivity index (χ0v) is 10.3. The lowest BCUT2D eigenvalue weighted by Crippen LogP contribution is -2.44. The quantitative estimate of drug-likeness (QED) is 0.856. The molecule has 0 amide bonds. The van der Waals surface area contributed by atoms with Crippen LogP contribution in [-0.2, 0) is 0 Å². The lowest BCUT2D eigenvalue weighted by Gasteiger charge is -2.38. The highest BCUT2D eigenvalue weighted by Crippen LogP contribution is 2.39. The molecule has 0 aliphatic heterocycles. The van der Waals surface area contributed by atoms with Crippen molar-refractivity contribution < 1.29 is 9.50 Å². The summed E-state index contributed by atoms with van der Waals surface area (Å²) >= 11 is 6.06. The van der Waals surface area contributed by atoms with Gasteiger partial charge in [0.25, 0.3) is 0 Å². The number of halogens is 2. The van der Waals surface area contributed by atoms with Crippen LogP contribution in [-0.4, -0.2) is 16.9 Å². The summed E-state index contributed by atoms with van der Waals surface area (Å²) in [6.07, 6.45) is 0.707. The summed E-state index contributed by atoms with van der Waals surface area (Å²) in [7, 11) is 0. The van der Waals surface area contributed by atoms with E-state index in [0.29, 0.717) is 30.7 Å². The highest BCUT2D eigenvalue weighted by molar-refractivity contribution is 6.31. The van der Waals surface area contributed by atoms with Crippen molar-refractivity contribution in [2.24, 2.45) is 5.73 Å². The summed E-state index contributed by atoms with van der Waals surface area (Å²) in [4.78, 5) is 0. The lowest BCUT2D eigenvalue weighted by atomic mass is 9.77. The van der Waals surface area contributed by atoms with Crippen LogP contribution in [0.5, 0.6) is 0 Å². The van der Waals surface area contributed by atoms with Crippen LogP contribution in [0.15, 0.2) is 24.3 Å². The van der Waals surface area contributed by atoms with Crippen LogP contribution in [0.25, 0.3) is 0 Å². The Labute approximate surface area is 106 Å². The molecule has 4 heteroatoms. The maximum Gasteiger partial charge on any atom is 0.100 e. The fraction of sp³-hybridized carbons (Fsp3) is 0.538. The first-order chi connectivity index (χ1) is 8.03. The fourth-order valence-electron chi connectivity index (χ4n) is 2.41. The molecule has 3 N–H and O–H groups in total. The molecule has 1 aliphatic rings. The number of hydrogen-bond donors (Lipinski definition) is 2. The van der Waals surface area contributed by atoms with E-state index in [4.69, 9.17) is 17.3 Å². The van der Waals surface area contributed by atoms with Gasteiger partial charge in [0.15, 0.2) is 0 Å². The molecule has 0 heterocycles. The molecule has 94 valence electrons. The van der Waals surface area contributed by atoms with Crippen LogP contribution in [0.3, 0.4) is 0 Å². The van der Waals surface area contributed by atoms with Gasteiger partial charge < -0.3 is 10.8 Å². The van der Waals surface area contributed by atoms with Gasteiger partial charge in [-0.1, -0.05) is 29.8 Å². The third kappa shape index (κ3) is 2.62. The Kier molecular flexibility index (Phi) is 3.71. The molecule has 2 nitrogen and oxygen atoms in total. The van der Waals surface area contributed by atoms with Gasteiger partial charge in [-0.15, -0.1) is 0 Å². The summed E-state index contributed by atoms with van der Waals surface area (Å²) < 4.78 is 13.1. The molecular weight excluding hydrogens is 241 g/mol. The van der Waals surface area contributed by atoms with Gasteiger partial charge in [-0.3, -0.25) is 0 Å². The monoisotopic (exact) mass is 257 g/mol. The van der Waals surface area contributed by atoms with Crippen molar-refractivity contribution in [2.75, 3.05) is 0 Å². The topological polar surface area (TPSA) is 46.2 Å². The van der Waals surface area contributed by atoms with Gasteiger partial charge in [0.2, 0.25) is 0 Å². The van der Waals surface area contributed by atoms with Gasteiger partial charge in [-0.05, 0) is 37.3 Å². The number of alkyl halides is 1. The second-order valence-corrected chi connectivity index (χ2v) is 5.18. The number of hydrogen-bond acceptors (Lipinski definition) is 2. The van der Waals surface area contributed by atoms with E-state index in [1.165, 1.54) is 0 Å². The Morgan fingerprint density at radius 2 is 1.94 bits per heavy atom. The number of benzene rings is 1. The molecule has 0 spiro atoms. The summed E-state index contributed by atoms with van der Waals surface area (Å²) in [5.74, 6) is 0. The smallest absolute Gasteiger partial charge is 0.100 e. The molecule has 0 saturated heterocycles. The van der Waals surface area contributed by atoms with Crippen molar-refractivity contribution in [1.29, 1.82) is 0 Å². The molecule has 1 unspecified atom stereocenters. The van der Waals surface area contributed by atoms with Crippen LogP contribution in [0.4, 0.5) is 4.39 Å². The normalized spacial score (nSPS) is 31.2. The highest BCUT2D eigenvalue weighted by Gasteiger charge is 2.39. The minimum Gasteiger partial charge on any atom is -0.388 e. The Balaban J connectivity index is 2.20. The summed E-state index contributed by atoms with van der Waals surface area (Å²) in [6, 6.07) is 6.67. The molecule has 0 radical (unpaired) electrons. The molecule has 1 aromatic carbocycles. The second-order valence-electron chi connectivity index (χ2n) is 4.78. The van der Waals surface area contributed by atoms with E-state index in [9.17, 15) is 9.50 Å². The maximum absolute atomic E-state index is 13.1. The molecule has 1 aromatic rings. The molecule has 1 aliphatic carbocycles. The van der Waals surface area contributed by atoms with E-state index in [2.05, 4.69) is 0 Å². The average molecular weight is 258 g/mol. The first-order valence-corrected chi connectivity index (χ1v) is 6.27. The second kappa shape index (κ2) is 4.92. The van der Waals surface area contributed by atoms with E-state index < -0.39 is 17.8 Å². The summed E-state index contributed by atoms with van der Waals surface area (Å²) in [5, 5.41) is 11.0. The Bertz CT molecular complexity index is 391. The van der Waals surface area contributed by atoms with Crippen LogP contribution in [0.2, 0.25) is 5.02 Å². The molecule has 0 aromatic heterocycles. The van der Waals surface area contributed by atoms with Gasteiger partial charge in [-0.2, -0.15) is 0 Å². The molecular formula is C13H17ClFNO. The average Bonchev–Trinajstić information content (AvgIpc) is 2.33. The maximum atomic E-state index is 13.1. The van der Waals surface area contributed by atoms with Crippen molar-refractivity contribution in [3.05, 3.63) is 34.9 Å². The Hall–Kier alpha value is -0.640. The van der Waals surface area contributed by atoms with Crippen molar-refractivity contribution in [1.82, 2.24) is 0 Å². The van der Waals surface area contributed by atoms with Gasteiger partial charge in [-0.25, -0.2) is 4.39 Å². The molecule has 0 bridgehead atoms. The van der Waals surface area contributed by atoms with Gasteiger partial charge in [0.1, 0.15) is 6.17 Å². The third-order valence-electron chi connectivity index (χ3n) is 3.60. The van der Waals surface area contributed by atoms with Gasteiger partial charge >= 0.3 is 0 Å². The van der Waals surface area contributed by atoms with E-state index in [1.807, 2.05) is 18.2 Å². The van der Waals surface area contributed by atoms with Crippen LogP contribution in [0.1, 0.15) is 37.3 Å². The predicted molar refractivity (Wildman–Crippen MR) is 66.7 cm³/mol. The Morgan fingerprint density at radius 1 is 1.35 bits per heavy atom. The zero-order chi connectivity index (χ0) is 12.5. The van der Waals surface area contributed by atoms with Crippen LogP contribution < -0.4 is 5.73 Å².